The van der Waals surface area contributed by atoms with Crippen LogP contribution < -0.4 is 5.32 Å². The van der Waals surface area contributed by atoms with E-state index in [0.717, 1.165) is 15.9 Å². The molecule has 1 aromatic carbocycles. The molecule has 5 nitrogen and oxygen atoms in total. The first kappa shape index (κ1) is 14.6. The average Bonchev–Trinajstić information content (AvgIpc) is 3.19. The van der Waals surface area contributed by atoms with Gasteiger partial charge >= 0.3 is 0 Å². The van der Waals surface area contributed by atoms with Crippen molar-refractivity contribution >= 4 is 21.8 Å². The maximum atomic E-state index is 12.1. The van der Waals surface area contributed by atoms with Crippen molar-refractivity contribution < 1.29 is 9.21 Å². The molecule has 1 amide bonds. The van der Waals surface area contributed by atoms with Gasteiger partial charge in [-0.1, -0.05) is 15.9 Å². The van der Waals surface area contributed by atoms with Crippen molar-refractivity contribution in [2.75, 3.05) is 6.54 Å². The molecular formula is C16H14BrN3O2. The largest absolute Gasteiger partial charge is 0.469 e. The van der Waals surface area contributed by atoms with E-state index in [-0.39, 0.29) is 5.91 Å². The lowest BCUT2D eigenvalue weighted by Crippen LogP contribution is -2.25. The quantitative estimate of drug-likeness (QED) is 0.760. The zero-order valence-corrected chi connectivity index (χ0v) is 13.3. The SMILES string of the molecule is O=C(NCCc1ccco1)c1cnn(-c2ccc(Br)cc2)c1. The van der Waals surface area contributed by atoms with Crippen LogP contribution in [-0.2, 0) is 6.42 Å². The molecule has 2 aromatic heterocycles. The van der Waals surface area contributed by atoms with E-state index in [4.69, 9.17) is 4.42 Å². The van der Waals surface area contributed by atoms with Gasteiger partial charge in [0.05, 0.1) is 23.7 Å². The number of furan rings is 1. The highest BCUT2D eigenvalue weighted by atomic mass is 79.9. The molecular weight excluding hydrogens is 346 g/mol. The number of nitrogens with zero attached hydrogens (tertiary/aromatic N) is 2. The van der Waals surface area contributed by atoms with Crippen LogP contribution in [0.3, 0.4) is 0 Å². The van der Waals surface area contributed by atoms with Crippen molar-refractivity contribution in [3.05, 3.63) is 70.9 Å². The predicted octanol–water partition coefficient (Wildman–Crippen LogP) is 3.20. The highest BCUT2D eigenvalue weighted by molar-refractivity contribution is 9.10. The summed E-state index contributed by atoms with van der Waals surface area (Å²) >= 11 is 3.39. The lowest BCUT2D eigenvalue weighted by atomic mass is 10.3. The first-order chi connectivity index (χ1) is 10.7. The molecule has 0 unspecified atom stereocenters. The van der Waals surface area contributed by atoms with Crippen LogP contribution in [-0.4, -0.2) is 22.2 Å². The molecule has 0 aliphatic carbocycles. The van der Waals surface area contributed by atoms with E-state index in [1.165, 1.54) is 0 Å². The molecule has 0 fully saturated rings. The van der Waals surface area contributed by atoms with E-state index in [1.54, 1.807) is 23.3 Å². The Balaban J connectivity index is 1.60. The normalized spacial score (nSPS) is 10.6. The van der Waals surface area contributed by atoms with Crippen LogP contribution in [0.15, 0.2) is 63.9 Å². The number of hydrogen-bond donors (Lipinski definition) is 1. The van der Waals surface area contributed by atoms with E-state index in [9.17, 15) is 4.79 Å². The van der Waals surface area contributed by atoms with Crippen molar-refractivity contribution in [1.29, 1.82) is 0 Å². The molecule has 6 heteroatoms. The third kappa shape index (κ3) is 3.46. The number of benzene rings is 1. The Morgan fingerprint density at radius 3 is 2.82 bits per heavy atom. The molecule has 0 saturated heterocycles. The Bertz CT molecular complexity index is 748. The summed E-state index contributed by atoms with van der Waals surface area (Å²) < 4.78 is 7.89. The lowest BCUT2D eigenvalue weighted by Gasteiger charge is -2.02. The fourth-order valence-corrected chi connectivity index (χ4v) is 2.30. The van der Waals surface area contributed by atoms with Gasteiger partial charge in [-0.15, -0.1) is 0 Å². The van der Waals surface area contributed by atoms with Crippen LogP contribution in [0.1, 0.15) is 16.1 Å². The molecule has 0 spiro atoms. The van der Waals surface area contributed by atoms with Crippen molar-refractivity contribution in [3.63, 3.8) is 0 Å². The summed E-state index contributed by atoms with van der Waals surface area (Å²) in [5.74, 6) is 0.709. The van der Waals surface area contributed by atoms with Gasteiger partial charge in [0.2, 0.25) is 0 Å². The number of carbonyl (C=O) groups excluding carboxylic acids is 1. The summed E-state index contributed by atoms with van der Waals surface area (Å²) in [5.41, 5.74) is 1.43. The molecule has 3 rings (SSSR count). The Labute approximate surface area is 136 Å². The monoisotopic (exact) mass is 359 g/mol. The van der Waals surface area contributed by atoms with Gasteiger partial charge in [-0.05, 0) is 36.4 Å². The second-order valence-electron chi connectivity index (χ2n) is 4.74. The van der Waals surface area contributed by atoms with Crippen LogP contribution in [0.4, 0.5) is 0 Å². The van der Waals surface area contributed by atoms with Crippen molar-refractivity contribution in [1.82, 2.24) is 15.1 Å². The minimum Gasteiger partial charge on any atom is -0.469 e. The molecule has 112 valence electrons. The van der Waals surface area contributed by atoms with Gasteiger partial charge in [0.1, 0.15) is 5.76 Å². The predicted molar refractivity (Wildman–Crippen MR) is 86.0 cm³/mol. The summed E-state index contributed by atoms with van der Waals surface area (Å²) in [4.78, 5) is 12.1. The molecule has 1 N–H and O–H groups in total. The molecule has 0 radical (unpaired) electrons. The van der Waals surface area contributed by atoms with E-state index >= 15 is 0 Å². The topological polar surface area (TPSA) is 60.1 Å². The standard InChI is InChI=1S/C16H14BrN3O2/c17-13-3-5-14(6-4-13)20-11-12(10-19-20)16(21)18-8-7-15-2-1-9-22-15/h1-6,9-11H,7-8H2,(H,18,21). The highest BCUT2D eigenvalue weighted by Gasteiger charge is 2.09. The molecule has 0 aliphatic heterocycles. The molecule has 2 heterocycles. The van der Waals surface area contributed by atoms with Crippen LogP contribution >= 0.6 is 15.9 Å². The number of rotatable bonds is 5. The maximum absolute atomic E-state index is 12.1. The number of hydrogen-bond acceptors (Lipinski definition) is 3. The van der Waals surface area contributed by atoms with Gasteiger partial charge in [0.15, 0.2) is 0 Å². The molecule has 0 saturated carbocycles. The molecule has 0 aliphatic rings. The number of amides is 1. The van der Waals surface area contributed by atoms with Crippen molar-refractivity contribution in [2.45, 2.75) is 6.42 Å². The summed E-state index contributed by atoms with van der Waals surface area (Å²) in [5, 5.41) is 7.07. The second kappa shape index (κ2) is 6.62. The first-order valence-corrected chi connectivity index (χ1v) is 7.63. The van der Waals surface area contributed by atoms with Crippen LogP contribution in [0.2, 0.25) is 0 Å². The second-order valence-corrected chi connectivity index (χ2v) is 5.65. The number of nitrogens with one attached hydrogen (secondary N) is 1. The fraction of sp³-hybridized carbons (Fsp3) is 0.125. The minimum absolute atomic E-state index is 0.144. The molecule has 0 bridgehead atoms. The van der Waals surface area contributed by atoms with Crippen LogP contribution in [0.25, 0.3) is 5.69 Å². The Hall–Kier alpha value is -2.34. The van der Waals surface area contributed by atoms with E-state index in [1.807, 2.05) is 36.4 Å². The number of aromatic nitrogens is 2. The lowest BCUT2D eigenvalue weighted by molar-refractivity contribution is 0.0953. The van der Waals surface area contributed by atoms with Gasteiger partial charge in [-0.3, -0.25) is 4.79 Å². The number of halogens is 1. The van der Waals surface area contributed by atoms with Gasteiger partial charge in [0, 0.05) is 23.6 Å². The van der Waals surface area contributed by atoms with E-state index in [2.05, 4.69) is 26.3 Å². The van der Waals surface area contributed by atoms with Crippen molar-refractivity contribution in [3.8, 4) is 5.69 Å². The smallest absolute Gasteiger partial charge is 0.254 e. The highest BCUT2D eigenvalue weighted by Crippen LogP contribution is 2.14. The zero-order chi connectivity index (χ0) is 15.4. The summed E-state index contributed by atoms with van der Waals surface area (Å²) in [7, 11) is 0. The minimum atomic E-state index is -0.144. The maximum Gasteiger partial charge on any atom is 0.254 e. The van der Waals surface area contributed by atoms with Crippen molar-refractivity contribution in [2.24, 2.45) is 0 Å². The van der Waals surface area contributed by atoms with Crippen LogP contribution in [0.5, 0.6) is 0 Å². The van der Waals surface area contributed by atoms with Gasteiger partial charge < -0.3 is 9.73 Å². The Kier molecular flexibility index (Phi) is 4.39. The Morgan fingerprint density at radius 2 is 2.09 bits per heavy atom. The molecule has 3 aromatic rings. The summed E-state index contributed by atoms with van der Waals surface area (Å²) in [6, 6.07) is 11.4. The number of carbonyl (C=O) groups is 1. The third-order valence-electron chi connectivity index (χ3n) is 3.17. The third-order valence-corrected chi connectivity index (χ3v) is 3.70. The summed E-state index contributed by atoms with van der Waals surface area (Å²) in [6.45, 7) is 0.524. The van der Waals surface area contributed by atoms with Gasteiger partial charge in [-0.25, -0.2) is 4.68 Å². The zero-order valence-electron chi connectivity index (χ0n) is 11.7. The first-order valence-electron chi connectivity index (χ1n) is 6.83. The summed E-state index contributed by atoms with van der Waals surface area (Å²) in [6.07, 6.45) is 5.56. The average molecular weight is 360 g/mol. The Morgan fingerprint density at radius 1 is 1.27 bits per heavy atom. The molecule has 0 atom stereocenters. The van der Waals surface area contributed by atoms with Gasteiger partial charge in [0.25, 0.3) is 5.91 Å². The van der Waals surface area contributed by atoms with E-state index in [0.29, 0.717) is 18.5 Å². The van der Waals surface area contributed by atoms with Gasteiger partial charge in [-0.2, -0.15) is 5.10 Å². The fourth-order valence-electron chi connectivity index (χ4n) is 2.03. The van der Waals surface area contributed by atoms with E-state index < -0.39 is 0 Å². The van der Waals surface area contributed by atoms with Crippen LogP contribution in [0, 0.1) is 0 Å². The molecule has 22 heavy (non-hydrogen) atoms.